The molecule has 0 aliphatic carbocycles. The Bertz CT molecular complexity index is 669. The van der Waals surface area contributed by atoms with Gasteiger partial charge in [0.15, 0.2) is 17.6 Å². The third-order valence-electron chi connectivity index (χ3n) is 3.40. The van der Waals surface area contributed by atoms with Gasteiger partial charge in [-0.1, -0.05) is 35.9 Å². The van der Waals surface area contributed by atoms with Gasteiger partial charge in [0.05, 0.1) is 7.11 Å². The second-order valence-corrected chi connectivity index (χ2v) is 5.23. The normalized spacial score (nSPS) is 11.8. The fraction of sp³-hybridized carbons (Fsp3) is 0.235. The molecule has 5 heteroatoms. The summed E-state index contributed by atoms with van der Waals surface area (Å²) in [7, 11) is 1.51. The molecular weight excluding hydrogens is 304 g/mol. The molecule has 0 heterocycles. The zero-order valence-electron chi connectivity index (χ0n) is 12.4. The van der Waals surface area contributed by atoms with Gasteiger partial charge >= 0.3 is 5.97 Å². The molecule has 2 aromatic rings. The Hall–Kier alpha value is -2.20. The van der Waals surface area contributed by atoms with E-state index in [4.69, 9.17) is 21.1 Å². The van der Waals surface area contributed by atoms with Gasteiger partial charge in [-0.25, -0.2) is 4.79 Å². The topological polar surface area (TPSA) is 55.8 Å². The zero-order chi connectivity index (χ0) is 16.1. The van der Waals surface area contributed by atoms with Crippen LogP contribution in [0.3, 0.4) is 0 Å². The van der Waals surface area contributed by atoms with Gasteiger partial charge in [-0.3, -0.25) is 0 Å². The summed E-state index contributed by atoms with van der Waals surface area (Å²) in [6.07, 6.45) is -0.798. The smallest absolute Gasteiger partial charge is 0.345 e. The summed E-state index contributed by atoms with van der Waals surface area (Å²) in [4.78, 5) is 11.5. The van der Waals surface area contributed by atoms with Gasteiger partial charge in [0.2, 0.25) is 0 Å². The van der Waals surface area contributed by atoms with Crippen LogP contribution in [0.1, 0.15) is 11.1 Å². The number of carbonyl (C=O) groups is 1. The van der Waals surface area contributed by atoms with Gasteiger partial charge in [-0.05, 0) is 36.2 Å². The van der Waals surface area contributed by atoms with Gasteiger partial charge in [0, 0.05) is 11.4 Å². The first kappa shape index (κ1) is 16.2. The van der Waals surface area contributed by atoms with Crippen molar-refractivity contribution in [2.75, 3.05) is 7.11 Å². The van der Waals surface area contributed by atoms with Crippen molar-refractivity contribution in [3.05, 3.63) is 58.6 Å². The van der Waals surface area contributed by atoms with Crippen LogP contribution in [0, 0.1) is 6.92 Å². The van der Waals surface area contributed by atoms with Crippen molar-refractivity contribution in [3.8, 4) is 11.5 Å². The highest BCUT2D eigenvalue weighted by molar-refractivity contribution is 6.31. The fourth-order valence-electron chi connectivity index (χ4n) is 2.12. The monoisotopic (exact) mass is 320 g/mol. The Morgan fingerprint density at radius 3 is 2.50 bits per heavy atom. The van der Waals surface area contributed by atoms with E-state index >= 15 is 0 Å². The molecule has 0 fully saturated rings. The van der Waals surface area contributed by atoms with Gasteiger partial charge in [0.25, 0.3) is 0 Å². The van der Waals surface area contributed by atoms with Crippen molar-refractivity contribution in [3.63, 3.8) is 0 Å². The quantitative estimate of drug-likeness (QED) is 0.881. The van der Waals surface area contributed by atoms with E-state index in [9.17, 15) is 9.90 Å². The van der Waals surface area contributed by atoms with Crippen LogP contribution >= 0.6 is 11.6 Å². The molecule has 1 N–H and O–H groups in total. The van der Waals surface area contributed by atoms with Crippen molar-refractivity contribution < 1.29 is 19.4 Å². The maximum atomic E-state index is 11.5. The third-order valence-corrected chi connectivity index (χ3v) is 3.81. The average molecular weight is 321 g/mol. The van der Waals surface area contributed by atoms with Gasteiger partial charge in [-0.2, -0.15) is 0 Å². The highest BCUT2D eigenvalue weighted by Gasteiger charge is 2.22. The van der Waals surface area contributed by atoms with Crippen LogP contribution in [0.15, 0.2) is 42.5 Å². The lowest BCUT2D eigenvalue weighted by Gasteiger charge is -2.18. The zero-order valence-corrected chi connectivity index (χ0v) is 13.1. The van der Waals surface area contributed by atoms with E-state index in [1.807, 2.05) is 13.0 Å². The van der Waals surface area contributed by atoms with E-state index in [-0.39, 0.29) is 6.42 Å². The number of carboxylic acids is 1. The number of halogens is 1. The molecular formula is C17H17ClO4. The third kappa shape index (κ3) is 3.71. The molecule has 0 amide bonds. The molecule has 0 aromatic heterocycles. The van der Waals surface area contributed by atoms with Gasteiger partial charge < -0.3 is 14.6 Å². The lowest BCUT2D eigenvalue weighted by Crippen LogP contribution is -2.29. The number of aliphatic carboxylic acids is 1. The van der Waals surface area contributed by atoms with E-state index in [1.54, 1.807) is 36.4 Å². The molecule has 0 unspecified atom stereocenters. The van der Waals surface area contributed by atoms with E-state index in [0.29, 0.717) is 16.5 Å². The maximum absolute atomic E-state index is 11.5. The first-order chi connectivity index (χ1) is 10.5. The number of ether oxygens (including phenoxy) is 2. The van der Waals surface area contributed by atoms with Crippen LogP contribution in [-0.4, -0.2) is 24.3 Å². The second-order valence-electron chi connectivity index (χ2n) is 4.82. The molecule has 0 saturated heterocycles. The number of hydrogen-bond donors (Lipinski definition) is 1. The lowest BCUT2D eigenvalue weighted by atomic mass is 10.0. The number of methoxy groups -OCH3 is 1. The van der Waals surface area contributed by atoms with Gasteiger partial charge in [0.1, 0.15) is 0 Å². The molecule has 116 valence electrons. The molecule has 0 aliphatic rings. The Labute approximate surface area is 134 Å². The highest BCUT2D eigenvalue weighted by Crippen LogP contribution is 2.28. The summed E-state index contributed by atoms with van der Waals surface area (Å²) >= 11 is 6.08. The van der Waals surface area contributed by atoms with E-state index in [1.165, 1.54) is 7.11 Å². The van der Waals surface area contributed by atoms with E-state index in [2.05, 4.69) is 0 Å². The Balaban J connectivity index is 2.24. The van der Waals surface area contributed by atoms with Gasteiger partial charge in [-0.15, -0.1) is 0 Å². The van der Waals surface area contributed by atoms with Crippen molar-refractivity contribution >= 4 is 17.6 Å². The van der Waals surface area contributed by atoms with Crippen molar-refractivity contribution in [1.29, 1.82) is 0 Å². The average Bonchev–Trinajstić information content (AvgIpc) is 2.51. The highest BCUT2D eigenvalue weighted by atomic mass is 35.5. The minimum atomic E-state index is -1.04. The van der Waals surface area contributed by atoms with Crippen molar-refractivity contribution in [2.24, 2.45) is 0 Å². The van der Waals surface area contributed by atoms with E-state index < -0.39 is 12.1 Å². The van der Waals surface area contributed by atoms with Crippen LogP contribution in [-0.2, 0) is 11.2 Å². The molecule has 2 rings (SSSR count). The molecule has 0 spiro atoms. The van der Waals surface area contributed by atoms with Crippen LogP contribution in [0.5, 0.6) is 11.5 Å². The predicted octanol–water partition coefficient (Wildman–Crippen LogP) is 3.73. The largest absolute Gasteiger partial charge is 0.493 e. The number of hydrogen-bond acceptors (Lipinski definition) is 3. The number of benzene rings is 2. The number of carboxylic acid groups (broad SMARTS) is 1. The molecule has 2 aromatic carbocycles. The van der Waals surface area contributed by atoms with Crippen LogP contribution in [0.25, 0.3) is 0 Å². The maximum Gasteiger partial charge on any atom is 0.345 e. The van der Waals surface area contributed by atoms with Crippen LogP contribution in [0.4, 0.5) is 0 Å². The predicted molar refractivity (Wildman–Crippen MR) is 84.9 cm³/mol. The minimum absolute atomic E-state index is 0.222. The molecule has 1 atom stereocenters. The summed E-state index contributed by atoms with van der Waals surface area (Å²) in [6.45, 7) is 1.86. The first-order valence-corrected chi connectivity index (χ1v) is 7.17. The second kappa shape index (κ2) is 7.18. The summed E-state index contributed by atoms with van der Waals surface area (Å²) < 4.78 is 10.8. The van der Waals surface area contributed by atoms with Crippen LogP contribution in [0.2, 0.25) is 5.02 Å². The SMILES string of the molecule is COc1ccccc1O[C@H](Cc1cccc(Cl)c1C)C(=O)O. The van der Waals surface area contributed by atoms with Crippen molar-refractivity contribution in [2.45, 2.75) is 19.4 Å². The molecule has 0 aliphatic heterocycles. The minimum Gasteiger partial charge on any atom is -0.493 e. The molecule has 4 nitrogen and oxygen atoms in total. The van der Waals surface area contributed by atoms with Crippen molar-refractivity contribution in [1.82, 2.24) is 0 Å². The number of para-hydroxylation sites is 2. The van der Waals surface area contributed by atoms with Crippen LogP contribution < -0.4 is 9.47 Å². The Morgan fingerprint density at radius 1 is 1.18 bits per heavy atom. The summed E-state index contributed by atoms with van der Waals surface area (Å²) in [5, 5.41) is 10.0. The molecule has 22 heavy (non-hydrogen) atoms. The lowest BCUT2D eigenvalue weighted by molar-refractivity contribution is -0.145. The molecule has 0 radical (unpaired) electrons. The number of rotatable bonds is 6. The summed E-state index contributed by atoms with van der Waals surface area (Å²) in [5.74, 6) is -0.140. The first-order valence-electron chi connectivity index (χ1n) is 6.79. The molecule has 0 bridgehead atoms. The van der Waals surface area contributed by atoms with E-state index in [0.717, 1.165) is 11.1 Å². The fourth-order valence-corrected chi connectivity index (χ4v) is 2.32. The molecule has 0 saturated carbocycles. The Morgan fingerprint density at radius 2 is 1.86 bits per heavy atom. The summed E-state index contributed by atoms with van der Waals surface area (Å²) in [6, 6.07) is 12.4. The summed E-state index contributed by atoms with van der Waals surface area (Å²) in [5.41, 5.74) is 1.70. The Kier molecular flexibility index (Phi) is 5.28. The standard InChI is InChI=1S/C17H17ClO4/c1-11-12(6-5-7-13(11)18)10-16(17(19)20)22-15-9-4-3-8-14(15)21-2/h3-9,16H,10H2,1-2H3,(H,19,20)/t16-/m1/s1.